The Kier molecular flexibility index (Phi) is 5.48. The van der Waals surface area contributed by atoms with Crippen LogP contribution in [-0.4, -0.2) is 50.7 Å². The van der Waals surface area contributed by atoms with Crippen molar-refractivity contribution in [1.82, 2.24) is 25.0 Å². The normalized spacial score (nSPS) is 16.2. The number of hydrogen-bond acceptors (Lipinski definition) is 5. The molecule has 1 N–H and O–H groups in total. The fourth-order valence-electron chi connectivity index (χ4n) is 3.34. The van der Waals surface area contributed by atoms with Crippen molar-refractivity contribution in [3.8, 4) is 10.6 Å². The Bertz CT molecular complexity index is 752. The Balaban J connectivity index is 1.81. The van der Waals surface area contributed by atoms with Crippen LogP contribution in [0.4, 0.5) is 0 Å². The number of amides is 1. The van der Waals surface area contributed by atoms with E-state index in [1.807, 2.05) is 27.4 Å². The highest BCUT2D eigenvalue weighted by Gasteiger charge is 2.29. The van der Waals surface area contributed by atoms with Gasteiger partial charge >= 0.3 is 0 Å². The maximum absolute atomic E-state index is 13.1. The van der Waals surface area contributed by atoms with Gasteiger partial charge in [-0.3, -0.25) is 9.48 Å². The van der Waals surface area contributed by atoms with Crippen molar-refractivity contribution < 1.29 is 4.79 Å². The molecule has 1 saturated heterocycles. The van der Waals surface area contributed by atoms with E-state index in [1.165, 1.54) is 11.3 Å². The zero-order chi connectivity index (χ0) is 18.9. The van der Waals surface area contributed by atoms with Crippen molar-refractivity contribution >= 4 is 17.2 Å². The van der Waals surface area contributed by atoms with Gasteiger partial charge in [-0.15, -0.1) is 11.3 Å². The average Bonchev–Trinajstić information content (AvgIpc) is 3.24. The molecule has 0 saturated carbocycles. The highest BCUT2D eigenvalue weighted by molar-refractivity contribution is 7.13. The van der Waals surface area contributed by atoms with Gasteiger partial charge in [0.1, 0.15) is 10.7 Å². The second-order valence-electron chi connectivity index (χ2n) is 8.17. The summed E-state index contributed by atoms with van der Waals surface area (Å²) >= 11 is 1.51. The Morgan fingerprint density at radius 3 is 2.62 bits per heavy atom. The van der Waals surface area contributed by atoms with Gasteiger partial charge in [-0.1, -0.05) is 0 Å². The van der Waals surface area contributed by atoms with E-state index in [9.17, 15) is 4.79 Å². The fraction of sp³-hybridized carbons (Fsp3) is 0.632. The number of nitrogens with zero attached hydrogens (tertiary/aromatic N) is 4. The van der Waals surface area contributed by atoms with Crippen LogP contribution in [0, 0.1) is 0 Å². The third-order valence-corrected chi connectivity index (χ3v) is 5.62. The molecule has 0 atom stereocenters. The number of nitrogens with one attached hydrogen (secondary N) is 1. The Morgan fingerprint density at radius 2 is 2.04 bits per heavy atom. The van der Waals surface area contributed by atoms with Crippen LogP contribution >= 0.6 is 11.3 Å². The molecule has 0 aromatic carbocycles. The van der Waals surface area contributed by atoms with Crippen molar-refractivity contribution in [3.05, 3.63) is 23.5 Å². The lowest BCUT2D eigenvalue weighted by atomic mass is 10.0. The molecule has 6 nitrogen and oxygen atoms in total. The van der Waals surface area contributed by atoms with Crippen molar-refractivity contribution in [2.24, 2.45) is 0 Å². The van der Waals surface area contributed by atoms with Crippen LogP contribution in [-0.2, 0) is 5.54 Å². The highest BCUT2D eigenvalue weighted by Crippen LogP contribution is 2.27. The van der Waals surface area contributed by atoms with Crippen LogP contribution in [0.25, 0.3) is 10.6 Å². The van der Waals surface area contributed by atoms with E-state index in [0.717, 1.165) is 36.5 Å². The van der Waals surface area contributed by atoms with Gasteiger partial charge in [0.2, 0.25) is 0 Å². The second-order valence-corrected chi connectivity index (χ2v) is 9.03. The Labute approximate surface area is 159 Å². The van der Waals surface area contributed by atoms with E-state index in [2.05, 4.69) is 50.0 Å². The summed E-state index contributed by atoms with van der Waals surface area (Å²) in [5.41, 5.74) is 1.43. The predicted molar refractivity (Wildman–Crippen MR) is 106 cm³/mol. The van der Waals surface area contributed by atoms with Gasteiger partial charge in [0.05, 0.1) is 11.7 Å². The minimum Gasteiger partial charge on any atom is -0.332 e. The van der Waals surface area contributed by atoms with Gasteiger partial charge in [-0.05, 0) is 60.5 Å². The van der Waals surface area contributed by atoms with Gasteiger partial charge in [-0.25, -0.2) is 4.98 Å². The molecule has 2 aromatic heterocycles. The molecule has 0 spiro atoms. The van der Waals surface area contributed by atoms with E-state index < -0.39 is 0 Å². The third-order valence-electron chi connectivity index (χ3n) is 4.73. The summed E-state index contributed by atoms with van der Waals surface area (Å²) < 4.78 is 1.93. The molecule has 0 aliphatic carbocycles. The molecule has 1 fully saturated rings. The molecule has 26 heavy (non-hydrogen) atoms. The standard InChI is InChI=1S/C19H29N5OS/c1-13(2)24(15-6-8-20-9-7-15)18(25)16-12-26-17(22-16)14-10-21-23(11-14)19(3,4)5/h10-13,15,20H,6-9H2,1-5H3. The van der Waals surface area contributed by atoms with Crippen molar-refractivity contribution in [2.45, 2.75) is 65.1 Å². The second kappa shape index (κ2) is 7.48. The van der Waals surface area contributed by atoms with Gasteiger partial charge in [-0.2, -0.15) is 5.10 Å². The summed E-state index contributed by atoms with van der Waals surface area (Å²) in [5, 5.41) is 10.5. The first-order chi connectivity index (χ1) is 12.3. The first kappa shape index (κ1) is 19.0. The minimum absolute atomic E-state index is 0.0395. The monoisotopic (exact) mass is 375 g/mol. The SMILES string of the molecule is CC(C)N(C(=O)c1csc(-c2cnn(C(C)(C)C)c2)n1)C1CCNCC1. The number of carbonyl (C=O) groups excluding carboxylic acids is 1. The van der Waals surface area contributed by atoms with E-state index in [0.29, 0.717) is 5.69 Å². The largest absolute Gasteiger partial charge is 0.332 e. The summed E-state index contributed by atoms with van der Waals surface area (Å²) in [6.07, 6.45) is 5.82. The number of thiazole rings is 1. The van der Waals surface area contributed by atoms with Crippen LogP contribution in [0.2, 0.25) is 0 Å². The zero-order valence-electron chi connectivity index (χ0n) is 16.3. The minimum atomic E-state index is -0.0718. The first-order valence-corrected chi connectivity index (χ1v) is 10.2. The summed E-state index contributed by atoms with van der Waals surface area (Å²) in [7, 11) is 0. The number of rotatable bonds is 4. The van der Waals surface area contributed by atoms with E-state index >= 15 is 0 Å². The van der Waals surface area contributed by atoms with Crippen LogP contribution < -0.4 is 5.32 Å². The molecule has 1 amide bonds. The van der Waals surface area contributed by atoms with Gasteiger partial charge in [0, 0.05) is 29.2 Å². The molecule has 1 aliphatic heterocycles. The maximum Gasteiger partial charge on any atom is 0.273 e. The van der Waals surface area contributed by atoms with E-state index in [4.69, 9.17) is 0 Å². The molecule has 2 aromatic rings. The summed E-state index contributed by atoms with van der Waals surface area (Å²) in [5.74, 6) is 0.0395. The first-order valence-electron chi connectivity index (χ1n) is 9.32. The average molecular weight is 376 g/mol. The lowest BCUT2D eigenvalue weighted by Crippen LogP contribution is -2.49. The lowest BCUT2D eigenvalue weighted by molar-refractivity contribution is 0.0560. The van der Waals surface area contributed by atoms with Crippen molar-refractivity contribution in [3.63, 3.8) is 0 Å². The highest BCUT2D eigenvalue weighted by atomic mass is 32.1. The Morgan fingerprint density at radius 1 is 1.35 bits per heavy atom. The van der Waals surface area contributed by atoms with Crippen molar-refractivity contribution in [1.29, 1.82) is 0 Å². The molecule has 142 valence electrons. The topological polar surface area (TPSA) is 63.1 Å². The van der Waals surface area contributed by atoms with Crippen LogP contribution in [0.5, 0.6) is 0 Å². The molecule has 3 rings (SSSR count). The van der Waals surface area contributed by atoms with Crippen LogP contribution in [0.15, 0.2) is 17.8 Å². The predicted octanol–water partition coefficient (Wildman–Crippen LogP) is 3.36. The number of hydrogen-bond donors (Lipinski definition) is 1. The summed E-state index contributed by atoms with van der Waals surface area (Å²) in [6, 6.07) is 0.455. The summed E-state index contributed by atoms with van der Waals surface area (Å²) in [6.45, 7) is 12.4. The lowest BCUT2D eigenvalue weighted by Gasteiger charge is -2.37. The van der Waals surface area contributed by atoms with E-state index in [1.54, 1.807) is 0 Å². The third kappa shape index (κ3) is 3.99. The summed E-state index contributed by atoms with van der Waals surface area (Å²) in [4.78, 5) is 19.8. The molecule has 7 heteroatoms. The number of carbonyl (C=O) groups is 1. The zero-order valence-corrected chi connectivity index (χ0v) is 17.1. The van der Waals surface area contributed by atoms with Crippen LogP contribution in [0.3, 0.4) is 0 Å². The molecule has 0 bridgehead atoms. The fourth-order valence-corrected chi connectivity index (χ4v) is 4.11. The smallest absolute Gasteiger partial charge is 0.273 e. The molecular weight excluding hydrogens is 346 g/mol. The van der Waals surface area contributed by atoms with Gasteiger partial charge < -0.3 is 10.2 Å². The maximum atomic E-state index is 13.1. The Hall–Kier alpha value is -1.73. The van der Waals surface area contributed by atoms with Gasteiger partial charge in [0.25, 0.3) is 5.91 Å². The number of piperidine rings is 1. The molecule has 3 heterocycles. The molecule has 1 aliphatic rings. The van der Waals surface area contributed by atoms with Crippen molar-refractivity contribution in [2.75, 3.05) is 13.1 Å². The quantitative estimate of drug-likeness (QED) is 0.890. The number of aromatic nitrogens is 3. The van der Waals surface area contributed by atoms with Crippen LogP contribution in [0.1, 0.15) is 57.9 Å². The molecule has 0 radical (unpaired) electrons. The van der Waals surface area contributed by atoms with Gasteiger partial charge in [0.15, 0.2) is 0 Å². The van der Waals surface area contributed by atoms with E-state index in [-0.39, 0.29) is 23.5 Å². The molecular formula is C19H29N5OS. The molecule has 0 unspecified atom stereocenters.